The molecule has 0 fully saturated rings. The Labute approximate surface area is 128 Å². The molecule has 0 bridgehead atoms. The van der Waals surface area contributed by atoms with Crippen LogP contribution in [0.15, 0.2) is 39.2 Å². The van der Waals surface area contributed by atoms with Crippen molar-refractivity contribution in [3.05, 3.63) is 40.3 Å². The molecule has 0 saturated carbocycles. The van der Waals surface area contributed by atoms with Gasteiger partial charge >= 0.3 is 0 Å². The maximum absolute atomic E-state index is 11.1. The number of hydrogen-bond acceptors (Lipinski definition) is 6. The Morgan fingerprint density at radius 1 is 1.38 bits per heavy atom. The van der Waals surface area contributed by atoms with Crippen LogP contribution in [0.5, 0.6) is 0 Å². The molecule has 0 spiro atoms. The summed E-state index contributed by atoms with van der Waals surface area (Å²) in [4.78, 5) is 3.41. The second-order valence-electron chi connectivity index (χ2n) is 4.89. The number of nitrogens with one attached hydrogen (secondary N) is 1. The Balaban J connectivity index is 1.92. The minimum Gasteiger partial charge on any atom is -0.447 e. The predicted octanol–water partition coefficient (Wildman–Crippen LogP) is 1.38. The molecule has 1 atom stereocenters. The monoisotopic (exact) mass is 329 g/mol. The number of primary sulfonamides is 1. The normalized spacial score (nSPS) is 13.7. The highest BCUT2D eigenvalue weighted by Crippen LogP contribution is 2.22. The van der Waals surface area contributed by atoms with E-state index >= 15 is 0 Å². The second-order valence-corrected chi connectivity index (χ2v) is 7.36. The standard InChI is InChI=1S/C13H19N3O3S2/c1-16(2)11(12-4-3-7-20-12)9-15-8-10-5-6-13(19-10)21(14,17)18/h3-7,11,15H,8-9H2,1-2H3,(H2,14,17,18). The van der Waals surface area contributed by atoms with E-state index in [1.54, 1.807) is 17.4 Å². The summed E-state index contributed by atoms with van der Waals surface area (Å²) in [6.45, 7) is 1.18. The average Bonchev–Trinajstić information content (AvgIpc) is 3.04. The first-order chi connectivity index (χ1) is 9.88. The van der Waals surface area contributed by atoms with Crippen LogP contribution in [-0.2, 0) is 16.6 Å². The van der Waals surface area contributed by atoms with E-state index in [1.807, 2.05) is 20.2 Å². The van der Waals surface area contributed by atoms with Crippen molar-refractivity contribution in [1.29, 1.82) is 0 Å². The number of sulfonamides is 1. The summed E-state index contributed by atoms with van der Waals surface area (Å²) < 4.78 is 27.5. The number of likely N-dealkylation sites (N-methyl/N-ethyl adjacent to an activating group) is 1. The molecule has 2 aromatic heterocycles. The van der Waals surface area contributed by atoms with Gasteiger partial charge in [0.15, 0.2) is 0 Å². The van der Waals surface area contributed by atoms with Gasteiger partial charge in [0, 0.05) is 11.4 Å². The lowest BCUT2D eigenvalue weighted by atomic mass is 10.2. The molecular formula is C13H19N3O3S2. The van der Waals surface area contributed by atoms with Crippen molar-refractivity contribution >= 4 is 21.4 Å². The summed E-state index contributed by atoms with van der Waals surface area (Å²) in [5, 5.41) is 10.1. The molecule has 0 amide bonds. The predicted molar refractivity (Wildman–Crippen MR) is 82.5 cm³/mol. The Morgan fingerprint density at radius 2 is 2.14 bits per heavy atom. The third kappa shape index (κ3) is 4.39. The molecule has 3 N–H and O–H groups in total. The average molecular weight is 329 g/mol. The first-order valence-corrected chi connectivity index (χ1v) is 8.82. The van der Waals surface area contributed by atoms with E-state index in [0.717, 1.165) is 6.54 Å². The minimum absolute atomic E-state index is 0.207. The summed E-state index contributed by atoms with van der Waals surface area (Å²) in [5.74, 6) is 0.544. The van der Waals surface area contributed by atoms with Crippen molar-refractivity contribution in [2.24, 2.45) is 5.14 Å². The topological polar surface area (TPSA) is 88.6 Å². The molecule has 6 nitrogen and oxygen atoms in total. The van der Waals surface area contributed by atoms with Gasteiger partial charge in [-0.05, 0) is 37.7 Å². The largest absolute Gasteiger partial charge is 0.447 e. The molecule has 0 aromatic carbocycles. The molecule has 2 aromatic rings. The molecular weight excluding hydrogens is 310 g/mol. The van der Waals surface area contributed by atoms with Crippen molar-refractivity contribution in [1.82, 2.24) is 10.2 Å². The van der Waals surface area contributed by atoms with Gasteiger partial charge in [-0.3, -0.25) is 0 Å². The van der Waals surface area contributed by atoms with Crippen LogP contribution in [0.4, 0.5) is 0 Å². The lowest BCUT2D eigenvalue weighted by Crippen LogP contribution is -2.30. The van der Waals surface area contributed by atoms with E-state index in [9.17, 15) is 8.42 Å². The van der Waals surface area contributed by atoms with Crippen LogP contribution < -0.4 is 10.5 Å². The molecule has 0 aliphatic carbocycles. The summed E-state index contributed by atoms with van der Waals surface area (Å²) >= 11 is 1.71. The molecule has 8 heteroatoms. The van der Waals surface area contributed by atoms with Gasteiger partial charge in [-0.15, -0.1) is 11.3 Å². The van der Waals surface area contributed by atoms with Gasteiger partial charge in [0.1, 0.15) is 5.76 Å². The number of rotatable bonds is 7. The van der Waals surface area contributed by atoms with E-state index in [0.29, 0.717) is 12.3 Å². The number of nitrogens with two attached hydrogens (primary N) is 1. The van der Waals surface area contributed by atoms with Crippen molar-refractivity contribution in [3.8, 4) is 0 Å². The van der Waals surface area contributed by atoms with Crippen molar-refractivity contribution in [2.75, 3.05) is 20.6 Å². The number of nitrogens with zero attached hydrogens (tertiary/aromatic N) is 1. The molecule has 2 rings (SSSR count). The molecule has 21 heavy (non-hydrogen) atoms. The van der Waals surface area contributed by atoms with Crippen LogP contribution in [0.1, 0.15) is 16.7 Å². The van der Waals surface area contributed by atoms with E-state index in [4.69, 9.17) is 9.56 Å². The van der Waals surface area contributed by atoms with E-state index in [-0.39, 0.29) is 11.1 Å². The fourth-order valence-corrected chi connectivity index (χ4v) is 3.36. The maximum atomic E-state index is 11.1. The summed E-state index contributed by atoms with van der Waals surface area (Å²) in [7, 11) is 0.278. The van der Waals surface area contributed by atoms with Gasteiger partial charge in [0.2, 0.25) is 5.09 Å². The van der Waals surface area contributed by atoms with Crippen molar-refractivity contribution < 1.29 is 12.8 Å². The van der Waals surface area contributed by atoms with Gasteiger partial charge in [-0.25, -0.2) is 13.6 Å². The molecule has 0 radical (unpaired) electrons. The minimum atomic E-state index is -3.77. The van der Waals surface area contributed by atoms with Gasteiger partial charge in [-0.1, -0.05) is 6.07 Å². The summed E-state index contributed by atoms with van der Waals surface area (Å²) in [6.07, 6.45) is 0. The summed E-state index contributed by atoms with van der Waals surface area (Å²) in [5.41, 5.74) is 0. The zero-order chi connectivity index (χ0) is 15.5. The molecule has 0 saturated heterocycles. The van der Waals surface area contributed by atoms with E-state index in [2.05, 4.69) is 21.7 Å². The fraction of sp³-hybridized carbons (Fsp3) is 0.385. The van der Waals surface area contributed by atoms with Gasteiger partial charge in [-0.2, -0.15) is 0 Å². The number of thiophene rings is 1. The van der Waals surface area contributed by atoms with Crippen LogP contribution in [0.25, 0.3) is 0 Å². The zero-order valence-corrected chi connectivity index (χ0v) is 13.6. The van der Waals surface area contributed by atoms with Crippen molar-refractivity contribution in [3.63, 3.8) is 0 Å². The highest BCUT2D eigenvalue weighted by atomic mass is 32.2. The van der Waals surface area contributed by atoms with Crippen LogP contribution in [0, 0.1) is 0 Å². The maximum Gasteiger partial charge on any atom is 0.271 e. The van der Waals surface area contributed by atoms with Gasteiger partial charge < -0.3 is 14.6 Å². The lowest BCUT2D eigenvalue weighted by molar-refractivity contribution is 0.288. The Bertz CT molecular complexity index is 663. The first-order valence-electron chi connectivity index (χ1n) is 6.40. The second kappa shape index (κ2) is 6.71. The quantitative estimate of drug-likeness (QED) is 0.801. The highest BCUT2D eigenvalue weighted by molar-refractivity contribution is 7.89. The smallest absolute Gasteiger partial charge is 0.271 e. The molecule has 2 heterocycles. The number of hydrogen-bond donors (Lipinski definition) is 2. The van der Waals surface area contributed by atoms with Crippen LogP contribution in [-0.4, -0.2) is 34.0 Å². The van der Waals surface area contributed by atoms with Crippen molar-refractivity contribution in [2.45, 2.75) is 17.7 Å². The molecule has 0 aliphatic heterocycles. The van der Waals surface area contributed by atoms with Crippen LogP contribution in [0.3, 0.4) is 0 Å². The van der Waals surface area contributed by atoms with Crippen LogP contribution >= 0.6 is 11.3 Å². The third-order valence-electron chi connectivity index (χ3n) is 3.05. The van der Waals surface area contributed by atoms with Gasteiger partial charge in [0.25, 0.3) is 10.0 Å². The third-order valence-corrected chi connectivity index (χ3v) is 4.80. The molecule has 116 valence electrons. The SMILES string of the molecule is CN(C)C(CNCc1ccc(S(N)(=O)=O)o1)c1cccs1. The first kappa shape index (κ1) is 16.2. The number of furan rings is 1. The fourth-order valence-electron chi connectivity index (χ4n) is 1.96. The lowest BCUT2D eigenvalue weighted by Gasteiger charge is -2.23. The Kier molecular flexibility index (Phi) is 5.17. The Morgan fingerprint density at radius 3 is 2.67 bits per heavy atom. The van der Waals surface area contributed by atoms with E-state index < -0.39 is 10.0 Å². The molecule has 0 aliphatic rings. The zero-order valence-electron chi connectivity index (χ0n) is 11.9. The molecule has 1 unspecified atom stereocenters. The summed E-state index contributed by atoms with van der Waals surface area (Å²) in [6, 6.07) is 7.37. The van der Waals surface area contributed by atoms with Gasteiger partial charge in [0.05, 0.1) is 12.6 Å². The van der Waals surface area contributed by atoms with E-state index in [1.165, 1.54) is 10.9 Å². The van der Waals surface area contributed by atoms with Crippen LogP contribution in [0.2, 0.25) is 0 Å². The Hall–Kier alpha value is -1.19. The highest BCUT2D eigenvalue weighted by Gasteiger charge is 2.16.